The van der Waals surface area contributed by atoms with Crippen molar-refractivity contribution in [2.45, 2.75) is 32.7 Å². The molecule has 0 saturated heterocycles. The number of benzene rings is 1. The molecule has 136 valence electrons. The van der Waals surface area contributed by atoms with E-state index in [-0.39, 0.29) is 24.0 Å². The van der Waals surface area contributed by atoms with Crippen molar-refractivity contribution in [3.8, 4) is 5.75 Å². The van der Waals surface area contributed by atoms with E-state index in [2.05, 4.69) is 40.7 Å². The second kappa shape index (κ2) is 10.1. The molecule has 2 N–H and O–H groups in total. The van der Waals surface area contributed by atoms with E-state index in [1.165, 1.54) is 18.4 Å². The highest BCUT2D eigenvalue weighted by molar-refractivity contribution is 14.0. The third kappa shape index (κ3) is 6.12. The number of aliphatic imine (C=N–C) groups is 1. The number of hydrogen-bond donors (Lipinski definition) is 2. The zero-order valence-electron chi connectivity index (χ0n) is 15.1. The van der Waals surface area contributed by atoms with Crippen LogP contribution in [0.2, 0.25) is 0 Å². The minimum Gasteiger partial charge on any atom is -0.496 e. The highest BCUT2D eigenvalue weighted by atomic mass is 127. The van der Waals surface area contributed by atoms with Gasteiger partial charge in [0.1, 0.15) is 5.75 Å². The van der Waals surface area contributed by atoms with Gasteiger partial charge < -0.3 is 20.1 Å². The lowest BCUT2D eigenvalue weighted by Crippen LogP contribution is -2.40. The number of halogens is 1. The average molecular weight is 447 g/mol. The minimum atomic E-state index is 0. The Kier molecular flexibility index (Phi) is 8.83. The number of rotatable bonds is 8. The van der Waals surface area contributed by atoms with Gasteiger partial charge >= 0.3 is 0 Å². The van der Waals surface area contributed by atoms with Crippen LogP contribution in [0.1, 0.15) is 30.4 Å². The van der Waals surface area contributed by atoms with Gasteiger partial charge in [-0.2, -0.15) is 0 Å². The van der Waals surface area contributed by atoms with Crippen LogP contribution in [-0.4, -0.2) is 40.4 Å². The molecule has 0 unspecified atom stereocenters. The number of guanidine groups is 1. The Labute approximate surface area is 162 Å². The summed E-state index contributed by atoms with van der Waals surface area (Å²) in [6, 6.07) is 6.24. The number of nitrogens with one attached hydrogen (secondary N) is 2. The molecule has 0 radical (unpaired) electrons. The average Bonchev–Trinajstić information content (AvgIpc) is 3.34. The standard InChI is InChI=1S/C18H29N3O2.HI/c1-14-5-6-15(16(11-14)23-4)12-20-17(19-2)21-13-18(7-8-18)9-10-22-3;/h5-6,11H,7-10,12-13H2,1-4H3,(H2,19,20,21);1H. The normalized spacial score (nSPS) is 15.4. The summed E-state index contributed by atoms with van der Waals surface area (Å²) in [5, 5.41) is 6.81. The summed E-state index contributed by atoms with van der Waals surface area (Å²) in [6.45, 7) is 4.53. The van der Waals surface area contributed by atoms with Gasteiger partial charge in [-0.15, -0.1) is 24.0 Å². The molecule has 0 atom stereocenters. The molecule has 6 heteroatoms. The highest BCUT2D eigenvalue weighted by Crippen LogP contribution is 2.48. The van der Waals surface area contributed by atoms with Crippen molar-refractivity contribution in [3.63, 3.8) is 0 Å². The summed E-state index contributed by atoms with van der Waals surface area (Å²) < 4.78 is 10.7. The molecule has 0 aliphatic heterocycles. The van der Waals surface area contributed by atoms with Gasteiger partial charge in [-0.3, -0.25) is 4.99 Å². The summed E-state index contributed by atoms with van der Waals surface area (Å²) in [6.07, 6.45) is 3.65. The smallest absolute Gasteiger partial charge is 0.191 e. The molecule has 24 heavy (non-hydrogen) atoms. The lowest BCUT2D eigenvalue weighted by Gasteiger charge is -2.18. The first-order valence-electron chi connectivity index (χ1n) is 8.19. The Hall–Kier alpha value is -1.02. The number of methoxy groups -OCH3 is 2. The molecule has 0 heterocycles. The van der Waals surface area contributed by atoms with Crippen LogP contribution in [0.5, 0.6) is 5.75 Å². The van der Waals surface area contributed by atoms with Crippen molar-refractivity contribution in [3.05, 3.63) is 29.3 Å². The fourth-order valence-electron chi connectivity index (χ4n) is 2.68. The van der Waals surface area contributed by atoms with Crippen molar-refractivity contribution < 1.29 is 9.47 Å². The molecule has 1 fully saturated rings. The Morgan fingerprint density at radius 1 is 1.25 bits per heavy atom. The van der Waals surface area contributed by atoms with Gasteiger partial charge in [-0.25, -0.2) is 0 Å². The lowest BCUT2D eigenvalue weighted by molar-refractivity contribution is 0.172. The predicted octanol–water partition coefficient (Wildman–Crippen LogP) is 3.10. The van der Waals surface area contributed by atoms with E-state index in [9.17, 15) is 0 Å². The molecule has 1 aliphatic carbocycles. The third-order valence-electron chi connectivity index (χ3n) is 4.54. The molecule has 5 nitrogen and oxygen atoms in total. The summed E-state index contributed by atoms with van der Waals surface area (Å²) in [5.41, 5.74) is 2.72. The summed E-state index contributed by atoms with van der Waals surface area (Å²) in [7, 11) is 5.27. The van der Waals surface area contributed by atoms with Gasteiger partial charge in [0.15, 0.2) is 5.96 Å². The van der Waals surface area contributed by atoms with Crippen molar-refractivity contribution in [2.75, 3.05) is 34.4 Å². The second-order valence-corrected chi connectivity index (χ2v) is 6.34. The Bertz CT molecular complexity index is 545. The Morgan fingerprint density at radius 3 is 2.58 bits per heavy atom. The summed E-state index contributed by atoms with van der Waals surface area (Å²) in [4.78, 5) is 4.31. The molecule has 1 aromatic carbocycles. The first-order valence-corrected chi connectivity index (χ1v) is 8.19. The maximum absolute atomic E-state index is 5.45. The summed E-state index contributed by atoms with van der Waals surface area (Å²) in [5.74, 6) is 1.74. The van der Waals surface area contributed by atoms with Crippen LogP contribution in [-0.2, 0) is 11.3 Å². The van der Waals surface area contributed by atoms with Crippen molar-refractivity contribution >= 4 is 29.9 Å². The lowest BCUT2D eigenvalue weighted by atomic mass is 10.0. The fraction of sp³-hybridized carbons (Fsp3) is 0.611. The first-order chi connectivity index (χ1) is 11.1. The molecule has 0 amide bonds. The maximum atomic E-state index is 5.45. The van der Waals surface area contributed by atoms with Crippen molar-refractivity contribution in [1.29, 1.82) is 0 Å². The molecule has 0 spiro atoms. The van der Waals surface area contributed by atoms with Crippen LogP contribution in [0.25, 0.3) is 0 Å². The quantitative estimate of drug-likeness (QED) is 0.366. The van der Waals surface area contributed by atoms with E-state index in [1.54, 1.807) is 21.3 Å². The maximum Gasteiger partial charge on any atom is 0.191 e. The molecule has 1 aromatic rings. The van der Waals surface area contributed by atoms with E-state index in [1.807, 2.05) is 0 Å². The van der Waals surface area contributed by atoms with Crippen LogP contribution in [0.4, 0.5) is 0 Å². The SMILES string of the molecule is CN=C(NCc1ccc(C)cc1OC)NCC1(CCOC)CC1.I. The predicted molar refractivity (Wildman–Crippen MR) is 110 cm³/mol. The number of aryl methyl sites for hydroxylation is 1. The number of nitrogens with zero attached hydrogens (tertiary/aromatic N) is 1. The van der Waals surface area contributed by atoms with Gasteiger partial charge in [0.2, 0.25) is 0 Å². The Balaban J connectivity index is 0.00000288. The monoisotopic (exact) mass is 447 g/mol. The van der Waals surface area contributed by atoms with Gasteiger partial charge in [0.05, 0.1) is 7.11 Å². The summed E-state index contributed by atoms with van der Waals surface area (Å²) >= 11 is 0. The third-order valence-corrected chi connectivity index (χ3v) is 4.54. The van der Waals surface area contributed by atoms with Crippen molar-refractivity contribution in [2.24, 2.45) is 10.4 Å². The zero-order valence-corrected chi connectivity index (χ0v) is 17.5. The Morgan fingerprint density at radius 2 is 2.00 bits per heavy atom. The van der Waals surface area contributed by atoms with E-state index >= 15 is 0 Å². The molecule has 0 bridgehead atoms. The van der Waals surface area contributed by atoms with Crippen LogP contribution >= 0.6 is 24.0 Å². The van der Waals surface area contributed by atoms with Crippen LogP contribution in [0.3, 0.4) is 0 Å². The van der Waals surface area contributed by atoms with E-state index < -0.39 is 0 Å². The van der Waals surface area contributed by atoms with Gasteiger partial charge in [0, 0.05) is 39.4 Å². The van der Waals surface area contributed by atoms with E-state index in [0.29, 0.717) is 12.0 Å². The highest BCUT2D eigenvalue weighted by Gasteiger charge is 2.41. The molecule has 1 aliphatic rings. The van der Waals surface area contributed by atoms with Crippen molar-refractivity contribution in [1.82, 2.24) is 10.6 Å². The van der Waals surface area contributed by atoms with E-state index in [4.69, 9.17) is 9.47 Å². The number of ether oxygens (including phenoxy) is 2. The topological polar surface area (TPSA) is 54.9 Å². The van der Waals surface area contributed by atoms with Gasteiger partial charge in [-0.1, -0.05) is 12.1 Å². The molecular formula is C18H30IN3O2. The van der Waals surface area contributed by atoms with Gasteiger partial charge in [-0.05, 0) is 43.2 Å². The minimum absolute atomic E-state index is 0. The molecule has 2 rings (SSSR count). The van der Waals surface area contributed by atoms with Crippen LogP contribution < -0.4 is 15.4 Å². The second-order valence-electron chi connectivity index (χ2n) is 6.34. The first kappa shape index (κ1) is 21.0. The largest absolute Gasteiger partial charge is 0.496 e. The van der Waals surface area contributed by atoms with Gasteiger partial charge in [0.25, 0.3) is 0 Å². The molecule has 1 saturated carbocycles. The van der Waals surface area contributed by atoms with Crippen LogP contribution in [0, 0.1) is 12.3 Å². The van der Waals surface area contributed by atoms with E-state index in [0.717, 1.165) is 36.8 Å². The zero-order chi connectivity index (χ0) is 16.7. The molecule has 0 aromatic heterocycles. The fourth-order valence-corrected chi connectivity index (χ4v) is 2.68. The molecular weight excluding hydrogens is 417 g/mol. The number of hydrogen-bond acceptors (Lipinski definition) is 3. The van der Waals surface area contributed by atoms with Crippen LogP contribution in [0.15, 0.2) is 23.2 Å².